The fourth-order valence-electron chi connectivity index (χ4n) is 1.70. The second-order valence-electron chi connectivity index (χ2n) is 3.41. The van der Waals surface area contributed by atoms with Crippen LogP contribution in [0.15, 0.2) is 30.3 Å². The van der Waals surface area contributed by atoms with Crippen LogP contribution in [0.25, 0.3) is 0 Å². The topological polar surface area (TPSA) is 26.7 Å². The van der Waals surface area contributed by atoms with E-state index in [9.17, 15) is 5.11 Å². The first-order chi connectivity index (χ1) is 6.27. The minimum Gasteiger partial charge on any atom is -0.390 e. The lowest BCUT2D eigenvalue weighted by Gasteiger charge is -2.25. The van der Waals surface area contributed by atoms with Crippen molar-refractivity contribution in [3.63, 3.8) is 0 Å². The molecule has 1 saturated heterocycles. The Bertz CT molecular complexity index is 276. The molecule has 0 aromatic heterocycles. The number of likely N-dealkylation sites (N-methyl/N-ethyl adjacent to an activating group) is 1. The molecule has 1 fully saturated rings. The van der Waals surface area contributed by atoms with Gasteiger partial charge in [0.1, 0.15) is 0 Å². The highest BCUT2D eigenvalue weighted by atomic mass is 16.3. The number of hydrogen-bond donors (Lipinski definition) is 1. The SMILES string of the molecule is CN1CC(O)CN1c1ccccc1. The molecule has 0 bridgehead atoms. The molecule has 1 atom stereocenters. The van der Waals surface area contributed by atoms with Crippen LogP contribution in [0, 0.1) is 0 Å². The van der Waals surface area contributed by atoms with Gasteiger partial charge >= 0.3 is 0 Å². The number of benzene rings is 1. The van der Waals surface area contributed by atoms with Crippen LogP contribution in [-0.2, 0) is 0 Å². The van der Waals surface area contributed by atoms with Crippen molar-refractivity contribution in [2.45, 2.75) is 6.10 Å². The van der Waals surface area contributed by atoms with Crippen LogP contribution in [0.3, 0.4) is 0 Å². The Kier molecular flexibility index (Phi) is 2.20. The molecule has 1 aromatic carbocycles. The molecule has 1 aromatic rings. The van der Waals surface area contributed by atoms with E-state index >= 15 is 0 Å². The lowest BCUT2D eigenvalue weighted by molar-refractivity contribution is 0.192. The molecule has 0 saturated carbocycles. The van der Waals surface area contributed by atoms with Gasteiger partial charge < -0.3 is 10.1 Å². The predicted molar refractivity (Wildman–Crippen MR) is 52.4 cm³/mol. The van der Waals surface area contributed by atoms with Crippen molar-refractivity contribution in [1.82, 2.24) is 5.01 Å². The second kappa shape index (κ2) is 3.36. The molecule has 1 aliphatic rings. The van der Waals surface area contributed by atoms with Crippen molar-refractivity contribution >= 4 is 5.69 Å². The monoisotopic (exact) mass is 178 g/mol. The van der Waals surface area contributed by atoms with Gasteiger partial charge in [0.2, 0.25) is 0 Å². The summed E-state index contributed by atoms with van der Waals surface area (Å²) in [6, 6.07) is 10.1. The third-order valence-corrected chi connectivity index (χ3v) is 2.33. The number of β-amino-alcohol motifs (C(OH)–C–C–N with tert-alkyl or cyclic N) is 1. The number of anilines is 1. The highest BCUT2D eigenvalue weighted by Gasteiger charge is 2.25. The Morgan fingerprint density at radius 1 is 1.23 bits per heavy atom. The maximum atomic E-state index is 9.45. The summed E-state index contributed by atoms with van der Waals surface area (Å²) in [5.74, 6) is 0. The highest BCUT2D eigenvalue weighted by Crippen LogP contribution is 2.19. The molecule has 1 aliphatic heterocycles. The maximum Gasteiger partial charge on any atom is 0.0875 e. The van der Waals surface area contributed by atoms with Gasteiger partial charge in [0, 0.05) is 13.6 Å². The third-order valence-electron chi connectivity index (χ3n) is 2.33. The van der Waals surface area contributed by atoms with E-state index in [0.29, 0.717) is 6.54 Å². The van der Waals surface area contributed by atoms with Gasteiger partial charge in [0.05, 0.1) is 18.3 Å². The number of hydrogen-bond acceptors (Lipinski definition) is 3. The van der Waals surface area contributed by atoms with Gasteiger partial charge in [-0.2, -0.15) is 0 Å². The average molecular weight is 178 g/mol. The standard InChI is InChI=1S/C10H14N2O/c1-11-7-10(13)8-12(11)9-5-3-2-4-6-9/h2-6,10,13H,7-8H2,1H3. The van der Waals surface area contributed by atoms with Crippen molar-refractivity contribution in [1.29, 1.82) is 0 Å². The average Bonchev–Trinajstić information content (AvgIpc) is 2.47. The number of aliphatic hydroxyl groups excluding tert-OH is 1. The summed E-state index contributed by atoms with van der Waals surface area (Å²) in [4.78, 5) is 0. The zero-order valence-corrected chi connectivity index (χ0v) is 7.72. The van der Waals surface area contributed by atoms with Crippen LogP contribution in [0.4, 0.5) is 5.69 Å². The Labute approximate surface area is 78.2 Å². The molecule has 1 unspecified atom stereocenters. The first kappa shape index (κ1) is 8.53. The molecular formula is C10H14N2O. The summed E-state index contributed by atoms with van der Waals surface area (Å²) in [5.41, 5.74) is 1.14. The number of hydrazine groups is 1. The van der Waals surface area contributed by atoms with Crippen molar-refractivity contribution in [3.05, 3.63) is 30.3 Å². The smallest absolute Gasteiger partial charge is 0.0875 e. The van der Waals surface area contributed by atoms with Gasteiger partial charge in [-0.25, -0.2) is 5.01 Å². The largest absolute Gasteiger partial charge is 0.390 e. The van der Waals surface area contributed by atoms with Crippen LogP contribution in [0.5, 0.6) is 0 Å². The van der Waals surface area contributed by atoms with E-state index in [1.54, 1.807) is 0 Å². The van der Waals surface area contributed by atoms with E-state index in [-0.39, 0.29) is 6.10 Å². The van der Waals surface area contributed by atoms with E-state index in [1.165, 1.54) is 0 Å². The van der Waals surface area contributed by atoms with Crippen molar-refractivity contribution < 1.29 is 5.11 Å². The molecule has 13 heavy (non-hydrogen) atoms. The van der Waals surface area contributed by atoms with Gasteiger partial charge in [-0.3, -0.25) is 0 Å². The predicted octanol–water partition coefficient (Wildman–Crippen LogP) is 0.714. The normalized spacial score (nSPS) is 23.8. The van der Waals surface area contributed by atoms with Crippen LogP contribution in [-0.4, -0.2) is 36.4 Å². The molecule has 1 heterocycles. The first-order valence-corrected chi connectivity index (χ1v) is 4.49. The number of rotatable bonds is 1. The minimum atomic E-state index is -0.231. The molecule has 2 rings (SSSR count). The molecule has 0 amide bonds. The van der Waals surface area contributed by atoms with E-state index < -0.39 is 0 Å². The van der Waals surface area contributed by atoms with Gasteiger partial charge in [0.15, 0.2) is 0 Å². The zero-order chi connectivity index (χ0) is 9.26. The number of nitrogens with zero attached hydrogens (tertiary/aromatic N) is 2. The van der Waals surface area contributed by atoms with E-state index in [0.717, 1.165) is 12.2 Å². The Balaban J connectivity index is 2.18. The molecule has 3 heteroatoms. The fourth-order valence-corrected chi connectivity index (χ4v) is 1.70. The Morgan fingerprint density at radius 3 is 2.46 bits per heavy atom. The van der Waals surface area contributed by atoms with Crippen LogP contribution < -0.4 is 5.01 Å². The van der Waals surface area contributed by atoms with E-state index in [4.69, 9.17) is 0 Å². The van der Waals surface area contributed by atoms with E-state index in [1.807, 2.05) is 30.3 Å². The van der Waals surface area contributed by atoms with Gasteiger partial charge in [-0.05, 0) is 12.1 Å². The van der Waals surface area contributed by atoms with Gasteiger partial charge in [-0.1, -0.05) is 18.2 Å². The molecule has 0 spiro atoms. The summed E-state index contributed by atoms with van der Waals surface area (Å²) >= 11 is 0. The molecule has 0 aliphatic carbocycles. The van der Waals surface area contributed by atoms with Crippen LogP contribution in [0.2, 0.25) is 0 Å². The summed E-state index contributed by atoms with van der Waals surface area (Å²) in [5, 5.41) is 13.6. The van der Waals surface area contributed by atoms with Crippen molar-refractivity contribution in [2.24, 2.45) is 0 Å². The third kappa shape index (κ3) is 1.66. The Hall–Kier alpha value is -1.06. The van der Waals surface area contributed by atoms with Crippen LogP contribution in [0.1, 0.15) is 0 Å². The number of para-hydroxylation sites is 1. The second-order valence-corrected chi connectivity index (χ2v) is 3.41. The molecule has 0 radical (unpaired) electrons. The van der Waals surface area contributed by atoms with Gasteiger partial charge in [-0.15, -0.1) is 0 Å². The lowest BCUT2D eigenvalue weighted by atomic mass is 10.3. The first-order valence-electron chi connectivity index (χ1n) is 4.49. The molecular weight excluding hydrogens is 164 g/mol. The van der Waals surface area contributed by atoms with Gasteiger partial charge in [0.25, 0.3) is 0 Å². The van der Waals surface area contributed by atoms with Crippen molar-refractivity contribution in [2.75, 3.05) is 25.1 Å². The zero-order valence-electron chi connectivity index (χ0n) is 7.72. The maximum absolute atomic E-state index is 9.45. The highest BCUT2D eigenvalue weighted by molar-refractivity contribution is 5.45. The molecule has 1 N–H and O–H groups in total. The summed E-state index contributed by atoms with van der Waals surface area (Å²) in [6.07, 6.45) is -0.231. The lowest BCUT2D eigenvalue weighted by Crippen LogP contribution is -2.32. The molecule has 3 nitrogen and oxygen atoms in total. The molecule has 70 valence electrons. The van der Waals surface area contributed by atoms with Crippen molar-refractivity contribution in [3.8, 4) is 0 Å². The minimum absolute atomic E-state index is 0.231. The van der Waals surface area contributed by atoms with Crippen LogP contribution >= 0.6 is 0 Å². The Morgan fingerprint density at radius 2 is 1.92 bits per heavy atom. The summed E-state index contributed by atoms with van der Waals surface area (Å²) < 4.78 is 0. The summed E-state index contributed by atoms with van der Waals surface area (Å²) in [6.45, 7) is 1.41. The quantitative estimate of drug-likeness (QED) is 0.686. The fraction of sp³-hybridized carbons (Fsp3) is 0.400. The summed E-state index contributed by atoms with van der Waals surface area (Å²) in [7, 11) is 1.99. The van der Waals surface area contributed by atoms with E-state index in [2.05, 4.69) is 17.1 Å². The number of aliphatic hydroxyl groups is 1.